The van der Waals surface area contributed by atoms with E-state index in [-0.39, 0.29) is 5.82 Å². The Bertz CT molecular complexity index is 965. The molecule has 0 bridgehead atoms. The smallest absolute Gasteiger partial charge is 0.159 e. The minimum Gasteiger partial charge on any atom is -0.236 e. The van der Waals surface area contributed by atoms with Crippen LogP contribution in [0.5, 0.6) is 0 Å². The Morgan fingerprint density at radius 2 is 1.54 bits per heavy atom. The van der Waals surface area contributed by atoms with Crippen LogP contribution in [0.25, 0.3) is 33.2 Å². The topological polar surface area (TPSA) is 38.7 Å². The Balaban J connectivity index is 1.63. The van der Waals surface area contributed by atoms with Crippen molar-refractivity contribution in [2.24, 2.45) is 0 Å². The van der Waals surface area contributed by atoms with Crippen LogP contribution in [-0.2, 0) is 0 Å². The number of hydrogen-bond donors (Lipinski definition) is 0. The number of benzene rings is 2. The quantitative estimate of drug-likeness (QED) is 0.525. The maximum absolute atomic E-state index is 13.3. The molecule has 0 aliphatic heterocycles. The van der Waals surface area contributed by atoms with Crippen molar-refractivity contribution < 1.29 is 4.39 Å². The molecule has 2 heterocycles. The lowest BCUT2D eigenvalue weighted by Gasteiger charge is -2.01. The molecule has 0 N–H and O–H groups in total. The highest BCUT2D eigenvalue weighted by Crippen LogP contribution is 2.29. The van der Waals surface area contributed by atoms with E-state index in [2.05, 4.69) is 15.0 Å². The second-order valence-corrected chi connectivity index (χ2v) is 6.07. The first-order valence-electron chi connectivity index (χ1n) is 7.39. The van der Waals surface area contributed by atoms with Crippen molar-refractivity contribution in [3.8, 4) is 33.2 Å². The van der Waals surface area contributed by atoms with Crippen molar-refractivity contribution in [1.82, 2.24) is 15.0 Å². The maximum Gasteiger partial charge on any atom is 0.159 e. The highest BCUT2D eigenvalue weighted by molar-refractivity contribution is 7.13. The van der Waals surface area contributed by atoms with E-state index < -0.39 is 0 Å². The minimum atomic E-state index is -0.264. The normalized spacial score (nSPS) is 10.7. The molecule has 0 aliphatic rings. The largest absolute Gasteiger partial charge is 0.236 e. The summed E-state index contributed by atoms with van der Waals surface area (Å²) in [5.74, 6) is 0.416. The third-order valence-corrected chi connectivity index (χ3v) is 4.45. The van der Waals surface area contributed by atoms with Gasteiger partial charge in [-0.15, -0.1) is 11.3 Å². The van der Waals surface area contributed by atoms with Gasteiger partial charge in [-0.05, 0) is 12.1 Å². The Hall–Kier alpha value is -2.92. The monoisotopic (exact) mass is 333 g/mol. The van der Waals surface area contributed by atoms with E-state index in [9.17, 15) is 4.39 Å². The molecule has 0 radical (unpaired) electrons. The molecule has 24 heavy (non-hydrogen) atoms. The van der Waals surface area contributed by atoms with Gasteiger partial charge in [-0.25, -0.2) is 19.3 Å². The van der Waals surface area contributed by atoms with Crippen molar-refractivity contribution in [1.29, 1.82) is 0 Å². The standard InChI is InChI=1S/C19H12FN3S/c20-16-8-4-7-14(9-16)19-23-17(12-24-19)15-10-21-18(22-11-15)13-5-2-1-3-6-13/h1-12H. The van der Waals surface area contributed by atoms with E-state index in [0.717, 1.165) is 27.4 Å². The fourth-order valence-corrected chi connectivity index (χ4v) is 3.18. The molecule has 2 aromatic heterocycles. The van der Waals surface area contributed by atoms with Gasteiger partial charge in [-0.1, -0.05) is 42.5 Å². The molecule has 0 amide bonds. The fourth-order valence-electron chi connectivity index (χ4n) is 2.36. The highest BCUT2D eigenvalue weighted by Gasteiger charge is 2.09. The second kappa shape index (κ2) is 6.29. The van der Waals surface area contributed by atoms with E-state index in [1.165, 1.54) is 23.5 Å². The van der Waals surface area contributed by atoms with Crippen LogP contribution in [0, 0.1) is 5.82 Å². The summed E-state index contributed by atoms with van der Waals surface area (Å²) in [6, 6.07) is 16.3. The molecule has 0 saturated carbocycles. The molecule has 0 atom stereocenters. The van der Waals surface area contributed by atoms with Crippen LogP contribution >= 0.6 is 11.3 Å². The second-order valence-electron chi connectivity index (χ2n) is 5.21. The van der Waals surface area contributed by atoms with Gasteiger partial charge < -0.3 is 0 Å². The van der Waals surface area contributed by atoms with Gasteiger partial charge in [-0.2, -0.15) is 0 Å². The van der Waals surface area contributed by atoms with E-state index in [1.54, 1.807) is 18.5 Å². The molecule has 0 unspecified atom stereocenters. The zero-order valence-corrected chi connectivity index (χ0v) is 13.4. The van der Waals surface area contributed by atoms with Gasteiger partial charge in [0.2, 0.25) is 0 Å². The lowest BCUT2D eigenvalue weighted by Crippen LogP contribution is -1.89. The number of aromatic nitrogens is 3. The summed E-state index contributed by atoms with van der Waals surface area (Å²) < 4.78 is 13.3. The molecule has 2 aromatic carbocycles. The van der Waals surface area contributed by atoms with Crippen LogP contribution in [0.15, 0.2) is 72.4 Å². The molecule has 0 aliphatic carbocycles. The Morgan fingerprint density at radius 1 is 0.792 bits per heavy atom. The average Bonchev–Trinajstić information content (AvgIpc) is 3.13. The predicted octanol–water partition coefficient (Wildman–Crippen LogP) is 5.07. The van der Waals surface area contributed by atoms with E-state index in [1.807, 2.05) is 41.8 Å². The van der Waals surface area contributed by atoms with E-state index in [4.69, 9.17) is 0 Å². The maximum atomic E-state index is 13.3. The van der Waals surface area contributed by atoms with Crippen LogP contribution < -0.4 is 0 Å². The molecule has 0 fully saturated rings. The number of hydrogen-bond acceptors (Lipinski definition) is 4. The summed E-state index contributed by atoms with van der Waals surface area (Å²) in [5.41, 5.74) is 3.38. The van der Waals surface area contributed by atoms with Crippen LogP contribution in [-0.4, -0.2) is 15.0 Å². The molecule has 3 nitrogen and oxygen atoms in total. The number of rotatable bonds is 3. The van der Waals surface area contributed by atoms with E-state index in [0.29, 0.717) is 5.82 Å². The molecule has 4 rings (SSSR count). The molecule has 4 aromatic rings. The van der Waals surface area contributed by atoms with Crippen molar-refractivity contribution in [3.05, 3.63) is 78.2 Å². The van der Waals surface area contributed by atoms with Crippen LogP contribution in [0.2, 0.25) is 0 Å². The lowest BCUT2D eigenvalue weighted by molar-refractivity contribution is 0.628. The number of halogens is 1. The minimum absolute atomic E-state index is 0.264. The van der Waals surface area contributed by atoms with Gasteiger partial charge in [0.25, 0.3) is 0 Å². The summed E-state index contributed by atoms with van der Waals surface area (Å²) in [4.78, 5) is 13.4. The molecular weight excluding hydrogens is 321 g/mol. The van der Waals surface area contributed by atoms with Gasteiger partial charge >= 0.3 is 0 Å². The zero-order chi connectivity index (χ0) is 16.4. The fraction of sp³-hybridized carbons (Fsp3) is 0. The SMILES string of the molecule is Fc1cccc(-c2nc(-c3cnc(-c4ccccc4)nc3)cs2)c1. The van der Waals surface area contributed by atoms with Crippen LogP contribution in [0.4, 0.5) is 4.39 Å². The summed E-state index contributed by atoms with van der Waals surface area (Å²) in [7, 11) is 0. The van der Waals surface area contributed by atoms with Crippen LogP contribution in [0.1, 0.15) is 0 Å². The predicted molar refractivity (Wildman–Crippen MR) is 94.0 cm³/mol. The van der Waals surface area contributed by atoms with Crippen molar-refractivity contribution >= 4 is 11.3 Å². The molecule has 5 heteroatoms. The van der Waals surface area contributed by atoms with Crippen molar-refractivity contribution in [2.45, 2.75) is 0 Å². The first-order valence-corrected chi connectivity index (χ1v) is 8.27. The highest BCUT2D eigenvalue weighted by atomic mass is 32.1. The van der Waals surface area contributed by atoms with Gasteiger partial charge in [-0.3, -0.25) is 0 Å². The molecular formula is C19H12FN3S. The number of thiazole rings is 1. The first-order chi connectivity index (χ1) is 11.8. The van der Waals surface area contributed by atoms with Gasteiger partial charge in [0.15, 0.2) is 5.82 Å². The van der Waals surface area contributed by atoms with Crippen molar-refractivity contribution in [2.75, 3.05) is 0 Å². The summed E-state index contributed by atoms with van der Waals surface area (Å²) >= 11 is 1.47. The summed E-state index contributed by atoms with van der Waals surface area (Å²) in [5, 5.41) is 2.71. The van der Waals surface area contributed by atoms with Crippen molar-refractivity contribution in [3.63, 3.8) is 0 Å². The van der Waals surface area contributed by atoms with Gasteiger partial charge in [0.05, 0.1) is 5.69 Å². The summed E-state index contributed by atoms with van der Waals surface area (Å²) in [6.45, 7) is 0. The third kappa shape index (κ3) is 2.94. The molecule has 116 valence electrons. The van der Waals surface area contributed by atoms with Gasteiger partial charge in [0.1, 0.15) is 10.8 Å². The Kier molecular flexibility index (Phi) is 3.84. The van der Waals surface area contributed by atoms with Crippen LogP contribution in [0.3, 0.4) is 0 Å². The van der Waals surface area contributed by atoms with Gasteiger partial charge in [0, 0.05) is 34.5 Å². The summed E-state index contributed by atoms with van der Waals surface area (Å²) in [6.07, 6.45) is 3.53. The van der Waals surface area contributed by atoms with E-state index >= 15 is 0 Å². The Labute approximate surface area is 142 Å². The number of nitrogens with zero attached hydrogens (tertiary/aromatic N) is 3. The zero-order valence-electron chi connectivity index (χ0n) is 12.6. The Morgan fingerprint density at radius 3 is 2.29 bits per heavy atom. The lowest BCUT2D eigenvalue weighted by atomic mass is 10.2. The molecule has 0 spiro atoms. The average molecular weight is 333 g/mol. The third-order valence-electron chi connectivity index (χ3n) is 3.56. The first kappa shape index (κ1) is 14.7. The molecule has 0 saturated heterocycles.